The molecule has 4 rings (SSSR count). The second-order valence-corrected chi connectivity index (χ2v) is 10.5. The van der Waals surface area contributed by atoms with Crippen molar-refractivity contribution in [2.45, 2.75) is 83.8 Å². The third-order valence-corrected chi connectivity index (χ3v) is 8.73. The van der Waals surface area contributed by atoms with Crippen molar-refractivity contribution >= 4 is 5.97 Å². The number of ether oxygens (including phenoxy) is 1. The van der Waals surface area contributed by atoms with Crippen LogP contribution in [0.4, 0.5) is 0 Å². The van der Waals surface area contributed by atoms with Gasteiger partial charge in [-0.3, -0.25) is 0 Å². The van der Waals surface area contributed by atoms with Gasteiger partial charge in [0.1, 0.15) is 6.10 Å². The molecule has 3 aliphatic carbocycles. The summed E-state index contributed by atoms with van der Waals surface area (Å²) in [6, 6.07) is 0. The third kappa shape index (κ3) is 4.34. The van der Waals surface area contributed by atoms with Gasteiger partial charge in [-0.05, 0) is 80.1 Å². The molecule has 4 heteroatoms. The zero-order valence-corrected chi connectivity index (χ0v) is 19.1. The highest BCUT2D eigenvalue weighted by Gasteiger charge is 2.52. The average Bonchev–Trinajstić information content (AvgIpc) is 3.11. The van der Waals surface area contributed by atoms with Crippen LogP contribution in [0.1, 0.15) is 71.6 Å². The first-order chi connectivity index (χ1) is 14.8. The summed E-state index contributed by atoms with van der Waals surface area (Å²) in [7, 11) is 0. The number of aliphatic hydroxyl groups is 2. The second kappa shape index (κ2) is 9.07. The fourth-order valence-electron chi connectivity index (χ4n) is 6.85. The zero-order valence-electron chi connectivity index (χ0n) is 19.1. The Labute approximate surface area is 186 Å². The molecule has 0 aromatic carbocycles. The van der Waals surface area contributed by atoms with Crippen LogP contribution in [0.3, 0.4) is 0 Å². The van der Waals surface area contributed by atoms with E-state index in [2.05, 4.69) is 32.6 Å². The van der Waals surface area contributed by atoms with Gasteiger partial charge in [0.15, 0.2) is 0 Å². The molecule has 0 saturated heterocycles. The molecule has 0 unspecified atom stereocenters. The Balaban J connectivity index is 1.51. The van der Waals surface area contributed by atoms with Crippen LogP contribution in [-0.4, -0.2) is 35.0 Å². The van der Waals surface area contributed by atoms with E-state index in [4.69, 9.17) is 4.74 Å². The van der Waals surface area contributed by atoms with E-state index in [0.29, 0.717) is 29.7 Å². The van der Waals surface area contributed by atoms with E-state index in [1.54, 1.807) is 5.57 Å². The zero-order chi connectivity index (χ0) is 22.2. The summed E-state index contributed by atoms with van der Waals surface area (Å²) < 4.78 is 5.74. The van der Waals surface area contributed by atoms with E-state index in [1.165, 1.54) is 36.8 Å². The quantitative estimate of drug-likeness (QED) is 0.619. The smallest absolute Gasteiger partial charge is 0.336 e. The van der Waals surface area contributed by atoms with Gasteiger partial charge < -0.3 is 14.9 Å². The lowest BCUT2D eigenvalue weighted by atomic mass is 9.60. The Bertz CT molecular complexity index is 819. The maximum atomic E-state index is 12.2. The Kier molecular flexibility index (Phi) is 6.60. The minimum absolute atomic E-state index is 0.0908. The highest BCUT2D eigenvalue weighted by Crippen LogP contribution is 2.60. The number of allylic oxidation sites excluding steroid dienone is 4. The van der Waals surface area contributed by atoms with Gasteiger partial charge in [-0.25, -0.2) is 4.79 Å². The number of rotatable bonds is 4. The van der Waals surface area contributed by atoms with Crippen LogP contribution >= 0.6 is 0 Å². The molecule has 0 aromatic heterocycles. The first-order valence-electron chi connectivity index (χ1n) is 12.1. The molecule has 0 spiro atoms. The van der Waals surface area contributed by atoms with Crippen molar-refractivity contribution in [1.29, 1.82) is 0 Å². The molecule has 170 valence electrons. The first-order valence-corrected chi connectivity index (χ1v) is 12.1. The number of hydrogen-bond acceptors (Lipinski definition) is 4. The van der Waals surface area contributed by atoms with Gasteiger partial charge in [0.2, 0.25) is 0 Å². The van der Waals surface area contributed by atoms with Crippen molar-refractivity contribution in [3.63, 3.8) is 0 Å². The van der Waals surface area contributed by atoms with Crippen molar-refractivity contribution in [3.8, 4) is 0 Å². The minimum atomic E-state index is -0.351. The Morgan fingerprint density at radius 2 is 2.10 bits per heavy atom. The maximum Gasteiger partial charge on any atom is 0.336 e. The summed E-state index contributed by atoms with van der Waals surface area (Å²) >= 11 is 0. The van der Waals surface area contributed by atoms with Gasteiger partial charge in [0.05, 0.1) is 18.3 Å². The van der Waals surface area contributed by atoms with Crippen LogP contribution in [0.5, 0.6) is 0 Å². The average molecular weight is 427 g/mol. The monoisotopic (exact) mass is 426 g/mol. The standard InChI is InChI=1S/C27H38O4/c1-17-6-10-22(29)15-20(17)8-7-19-5-4-14-27(3)23(11-12-24(19)27)18(2)25-13-9-21(16-28)26(30)31-25/h7-9,18,22-25,28-29H,1,4-6,10-16H2,2-3H3/b19-7-,20-8-/t18-,22-,23+,24-,25+,27+/m0/s1. The summed E-state index contributed by atoms with van der Waals surface area (Å²) in [4.78, 5) is 12.2. The Morgan fingerprint density at radius 3 is 2.84 bits per heavy atom. The van der Waals surface area contributed by atoms with E-state index in [9.17, 15) is 15.0 Å². The van der Waals surface area contributed by atoms with E-state index < -0.39 is 0 Å². The molecule has 0 aromatic rings. The largest absolute Gasteiger partial charge is 0.458 e. The van der Waals surface area contributed by atoms with Crippen molar-refractivity contribution in [2.24, 2.45) is 23.2 Å². The summed E-state index contributed by atoms with van der Waals surface area (Å²) in [5.41, 5.74) is 4.56. The van der Waals surface area contributed by atoms with Crippen molar-refractivity contribution in [3.05, 3.63) is 47.1 Å². The van der Waals surface area contributed by atoms with Crippen LogP contribution in [0, 0.1) is 23.2 Å². The highest BCUT2D eigenvalue weighted by molar-refractivity contribution is 5.89. The molecule has 0 radical (unpaired) electrons. The van der Waals surface area contributed by atoms with Crippen molar-refractivity contribution in [1.82, 2.24) is 0 Å². The maximum absolute atomic E-state index is 12.2. The summed E-state index contributed by atoms with van der Waals surface area (Å²) in [6.07, 6.45) is 15.2. The van der Waals surface area contributed by atoms with Crippen molar-refractivity contribution < 1.29 is 19.7 Å². The van der Waals surface area contributed by atoms with E-state index >= 15 is 0 Å². The predicted octanol–water partition coefficient (Wildman–Crippen LogP) is 5.03. The number of aliphatic hydroxyl groups excluding tert-OH is 2. The highest BCUT2D eigenvalue weighted by atomic mass is 16.5. The third-order valence-electron chi connectivity index (χ3n) is 8.73. The molecule has 6 atom stereocenters. The van der Waals surface area contributed by atoms with E-state index in [-0.39, 0.29) is 30.2 Å². The molecule has 0 bridgehead atoms. The molecule has 1 heterocycles. The van der Waals surface area contributed by atoms with Crippen LogP contribution in [-0.2, 0) is 9.53 Å². The molecule has 2 N–H and O–H groups in total. The fraction of sp³-hybridized carbons (Fsp3) is 0.667. The summed E-state index contributed by atoms with van der Waals surface area (Å²) in [6.45, 7) is 8.67. The van der Waals surface area contributed by atoms with Crippen LogP contribution < -0.4 is 0 Å². The fourth-order valence-corrected chi connectivity index (χ4v) is 6.85. The molecule has 4 nitrogen and oxygen atoms in total. The van der Waals surface area contributed by atoms with Gasteiger partial charge in [0, 0.05) is 6.42 Å². The van der Waals surface area contributed by atoms with Crippen LogP contribution in [0.25, 0.3) is 0 Å². The molecule has 3 saturated carbocycles. The van der Waals surface area contributed by atoms with Gasteiger partial charge in [-0.1, -0.05) is 49.8 Å². The van der Waals surface area contributed by atoms with Gasteiger partial charge >= 0.3 is 5.97 Å². The van der Waals surface area contributed by atoms with E-state index in [1.807, 2.05) is 6.08 Å². The first kappa shape index (κ1) is 22.5. The van der Waals surface area contributed by atoms with Crippen molar-refractivity contribution in [2.75, 3.05) is 6.61 Å². The number of cyclic esters (lactones) is 1. The van der Waals surface area contributed by atoms with Crippen LogP contribution in [0.2, 0.25) is 0 Å². The summed E-state index contributed by atoms with van der Waals surface area (Å²) in [5, 5.41) is 19.3. The lowest BCUT2D eigenvalue weighted by Crippen LogP contribution is -2.41. The summed E-state index contributed by atoms with van der Waals surface area (Å²) in [5.74, 6) is 1.06. The number of hydrogen-bond donors (Lipinski definition) is 2. The van der Waals surface area contributed by atoms with Gasteiger partial charge in [-0.2, -0.15) is 0 Å². The Morgan fingerprint density at radius 1 is 1.29 bits per heavy atom. The molecular formula is C27H38O4. The molecule has 4 aliphatic rings. The van der Waals surface area contributed by atoms with Crippen LogP contribution in [0.15, 0.2) is 47.1 Å². The molecule has 31 heavy (non-hydrogen) atoms. The molecular weight excluding hydrogens is 388 g/mol. The molecule has 0 amide bonds. The van der Waals surface area contributed by atoms with Gasteiger partial charge in [0.25, 0.3) is 0 Å². The normalized spacial score (nSPS) is 39.9. The van der Waals surface area contributed by atoms with Gasteiger partial charge in [-0.15, -0.1) is 0 Å². The molecule has 3 fully saturated rings. The molecule has 1 aliphatic heterocycles. The number of carbonyl (C=O) groups excluding carboxylic acids is 1. The lowest BCUT2D eigenvalue weighted by molar-refractivity contribution is -0.151. The second-order valence-electron chi connectivity index (χ2n) is 10.5. The predicted molar refractivity (Wildman–Crippen MR) is 122 cm³/mol. The number of carbonyl (C=O) groups is 1. The Hall–Kier alpha value is -1.65. The SMILES string of the molecule is C=C1CC[C@H](O)C/C1=C/C=C1/CCC[C@]2(C)[C@@H]([C@H](C)[C@H]3CC=C(CO)C(=O)O3)CC[C@@H]12. The topological polar surface area (TPSA) is 66.8 Å². The minimum Gasteiger partial charge on any atom is -0.458 e. The lowest BCUT2D eigenvalue weighted by Gasteiger charge is -2.45. The number of esters is 1. The number of fused-ring (bicyclic) bond motifs is 1. The van der Waals surface area contributed by atoms with E-state index in [0.717, 1.165) is 25.7 Å².